The van der Waals surface area contributed by atoms with Gasteiger partial charge in [-0.25, -0.2) is 0 Å². The zero-order valence-electron chi connectivity index (χ0n) is 12.8. The summed E-state index contributed by atoms with van der Waals surface area (Å²) in [6.45, 7) is 4.24. The highest BCUT2D eigenvalue weighted by Gasteiger charge is 2.32. The van der Waals surface area contributed by atoms with Crippen LogP contribution in [-0.4, -0.2) is 25.9 Å². The Kier molecular flexibility index (Phi) is 4.73. The molecule has 0 fully saturated rings. The molecule has 0 aliphatic carbocycles. The predicted octanol–water partition coefficient (Wildman–Crippen LogP) is 2.26. The van der Waals surface area contributed by atoms with Crippen LogP contribution >= 0.6 is 0 Å². The average molecular weight is 293 g/mol. The smallest absolute Gasteiger partial charge is 0.306 e. The highest BCUT2D eigenvalue weighted by Crippen LogP contribution is 2.35. The second-order valence-corrected chi connectivity index (χ2v) is 5.88. The number of esters is 1. The Morgan fingerprint density at radius 3 is 2.81 bits per heavy atom. The van der Waals surface area contributed by atoms with Crippen LogP contribution in [0.25, 0.3) is 0 Å². The molecular weight excluding hydrogens is 270 g/mol. The molecule has 2 unspecified atom stereocenters. The number of hydrogen-bond donors (Lipinski definition) is 1. The molecule has 0 saturated heterocycles. The lowest BCUT2D eigenvalue weighted by Crippen LogP contribution is -2.39. The molecular formula is C16H23NO4. The third kappa shape index (κ3) is 3.67. The molecule has 2 rings (SSSR count). The van der Waals surface area contributed by atoms with E-state index in [2.05, 4.69) is 0 Å². The van der Waals surface area contributed by atoms with Gasteiger partial charge in [0.25, 0.3) is 0 Å². The first-order valence-corrected chi connectivity index (χ1v) is 7.15. The van der Waals surface area contributed by atoms with Gasteiger partial charge in [-0.3, -0.25) is 4.79 Å². The van der Waals surface area contributed by atoms with E-state index in [1.807, 2.05) is 32.0 Å². The lowest BCUT2D eigenvalue weighted by atomic mass is 9.76. The molecule has 1 heterocycles. The van der Waals surface area contributed by atoms with Crippen LogP contribution in [0.1, 0.15) is 32.3 Å². The van der Waals surface area contributed by atoms with Crippen molar-refractivity contribution in [3.63, 3.8) is 0 Å². The summed E-state index contributed by atoms with van der Waals surface area (Å²) in [4.78, 5) is 11.6. The standard InChI is InChI=1S/C16H23NO4/c1-11(17)16(2,9-15(18)19-3)7-6-12-4-5-13-14(8-12)21-10-20-13/h4-5,8,11H,6-7,9-10,17H2,1-3H3. The van der Waals surface area contributed by atoms with Gasteiger partial charge in [0.05, 0.1) is 13.5 Å². The summed E-state index contributed by atoms with van der Waals surface area (Å²) < 4.78 is 15.5. The zero-order chi connectivity index (χ0) is 15.5. The summed E-state index contributed by atoms with van der Waals surface area (Å²) in [6.07, 6.45) is 1.96. The summed E-state index contributed by atoms with van der Waals surface area (Å²) in [5.41, 5.74) is 6.94. The van der Waals surface area contributed by atoms with Gasteiger partial charge in [-0.2, -0.15) is 0 Å². The molecule has 116 valence electrons. The van der Waals surface area contributed by atoms with Crippen molar-refractivity contribution in [2.24, 2.45) is 11.1 Å². The van der Waals surface area contributed by atoms with Gasteiger partial charge in [-0.05, 0) is 42.9 Å². The summed E-state index contributed by atoms with van der Waals surface area (Å²) in [5.74, 6) is 1.34. The largest absolute Gasteiger partial charge is 0.469 e. The maximum Gasteiger partial charge on any atom is 0.306 e. The zero-order valence-corrected chi connectivity index (χ0v) is 12.8. The second kappa shape index (κ2) is 6.35. The summed E-state index contributed by atoms with van der Waals surface area (Å²) in [6, 6.07) is 5.84. The summed E-state index contributed by atoms with van der Waals surface area (Å²) >= 11 is 0. The molecule has 1 aliphatic heterocycles. The molecule has 2 N–H and O–H groups in total. The third-order valence-corrected chi connectivity index (χ3v) is 4.30. The first-order valence-electron chi connectivity index (χ1n) is 7.15. The molecule has 1 aromatic rings. The van der Waals surface area contributed by atoms with Crippen LogP contribution in [0.2, 0.25) is 0 Å². The molecule has 5 nitrogen and oxygen atoms in total. The van der Waals surface area contributed by atoms with Crippen LogP contribution in [0, 0.1) is 5.41 Å². The fraction of sp³-hybridized carbons (Fsp3) is 0.562. The van der Waals surface area contributed by atoms with E-state index in [1.54, 1.807) is 0 Å². The van der Waals surface area contributed by atoms with Crippen LogP contribution in [-0.2, 0) is 16.0 Å². The van der Waals surface area contributed by atoms with Crippen molar-refractivity contribution >= 4 is 5.97 Å². The van der Waals surface area contributed by atoms with Crippen LogP contribution < -0.4 is 15.2 Å². The quantitative estimate of drug-likeness (QED) is 0.815. The molecule has 1 aromatic carbocycles. The maximum absolute atomic E-state index is 11.6. The average Bonchev–Trinajstić information content (AvgIpc) is 2.92. The molecule has 0 aromatic heterocycles. The number of benzene rings is 1. The van der Waals surface area contributed by atoms with Crippen molar-refractivity contribution < 1.29 is 19.0 Å². The highest BCUT2D eigenvalue weighted by molar-refractivity contribution is 5.70. The van der Waals surface area contributed by atoms with Gasteiger partial charge < -0.3 is 19.9 Å². The molecule has 1 aliphatic rings. The van der Waals surface area contributed by atoms with Crippen LogP contribution in [0.3, 0.4) is 0 Å². The lowest BCUT2D eigenvalue weighted by molar-refractivity contribution is -0.143. The van der Waals surface area contributed by atoms with E-state index in [-0.39, 0.29) is 24.2 Å². The molecule has 0 radical (unpaired) electrons. The van der Waals surface area contributed by atoms with E-state index in [9.17, 15) is 4.79 Å². The van der Waals surface area contributed by atoms with Crippen LogP contribution in [0.5, 0.6) is 11.5 Å². The minimum atomic E-state index is -0.288. The van der Waals surface area contributed by atoms with E-state index < -0.39 is 0 Å². The normalized spacial score (nSPS) is 17.1. The summed E-state index contributed by atoms with van der Waals surface area (Å²) in [7, 11) is 1.40. The van der Waals surface area contributed by atoms with Crippen molar-refractivity contribution in [3.05, 3.63) is 23.8 Å². The van der Waals surface area contributed by atoms with Gasteiger partial charge in [0.15, 0.2) is 11.5 Å². The van der Waals surface area contributed by atoms with Gasteiger partial charge in [0.2, 0.25) is 6.79 Å². The number of nitrogens with two attached hydrogens (primary N) is 1. The van der Waals surface area contributed by atoms with Crippen molar-refractivity contribution in [1.29, 1.82) is 0 Å². The first-order chi connectivity index (χ1) is 9.94. The fourth-order valence-corrected chi connectivity index (χ4v) is 2.41. The van der Waals surface area contributed by atoms with Crippen molar-refractivity contribution in [1.82, 2.24) is 0 Å². The SMILES string of the molecule is COC(=O)CC(C)(CCc1ccc2c(c1)OCO2)C(C)N. The number of fused-ring (bicyclic) bond motifs is 1. The van der Waals surface area contributed by atoms with E-state index in [4.69, 9.17) is 19.9 Å². The Morgan fingerprint density at radius 1 is 1.43 bits per heavy atom. The van der Waals surface area contributed by atoms with Crippen molar-refractivity contribution in [2.75, 3.05) is 13.9 Å². The number of rotatable bonds is 6. The van der Waals surface area contributed by atoms with E-state index >= 15 is 0 Å². The minimum absolute atomic E-state index is 0.0920. The molecule has 0 saturated carbocycles. The number of methoxy groups -OCH3 is 1. The molecule has 0 bridgehead atoms. The topological polar surface area (TPSA) is 70.8 Å². The lowest BCUT2D eigenvalue weighted by Gasteiger charge is -2.32. The van der Waals surface area contributed by atoms with E-state index in [0.29, 0.717) is 6.42 Å². The molecule has 2 atom stereocenters. The van der Waals surface area contributed by atoms with Gasteiger partial charge in [0.1, 0.15) is 0 Å². The van der Waals surface area contributed by atoms with Crippen molar-refractivity contribution in [3.8, 4) is 11.5 Å². The van der Waals surface area contributed by atoms with Crippen LogP contribution in [0.4, 0.5) is 0 Å². The van der Waals surface area contributed by atoms with Gasteiger partial charge in [-0.1, -0.05) is 13.0 Å². The van der Waals surface area contributed by atoms with Gasteiger partial charge in [0, 0.05) is 6.04 Å². The summed E-state index contributed by atoms with van der Waals surface area (Å²) in [5, 5.41) is 0. The molecule has 21 heavy (non-hydrogen) atoms. The number of carbonyl (C=O) groups excluding carboxylic acids is 1. The minimum Gasteiger partial charge on any atom is -0.469 e. The van der Waals surface area contributed by atoms with Crippen molar-refractivity contribution in [2.45, 2.75) is 39.2 Å². The van der Waals surface area contributed by atoms with Gasteiger partial charge >= 0.3 is 5.97 Å². The molecule has 0 amide bonds. The third-order valence-electron chi connectivity index (χ3n) is 4.30. The second-order valence-electron chi connectivity index (χ2n) is 5.88. The highest BCUT2D eigenvalue weighted by atomic mass is 16.7. The Bertz CT molecular complexity index is 515. The fourth-order valence-electron chi connectivity index (χ4n) is 2.41. The first kappa shape index (κ1) is 15.6. The Hall–Kier alpha value is -1.75. The Morgan fingerprint density at radius 2 is 2.14 bits per heavy atom. The Balaban J connectivity index is 2.03. The number of carbonyl (C=O) groups is 1. The number of ether oxygens (including phenoxy) is 3. The van der Waals surface area contributed by atoms with E-state index in [0.717, 1.165) is 29.9 Å². The predicted molar refractivity (Wildman–Crippen MR) is 79.3 cm³/mol. The number of hydrogen-bond acceptors (Lipinski definition) is 5. The van der Waals surface area contributed by atoms with Crippen LogP contribution in [0.15, 0.2) is 18.2 Å². The monoisotopic (exact) mass is 293 g/mol. The Labute approximate surface area is 125 Å². The van der Waals surface area contributed by atoms with E-state index in [1.165, 1.54) is 7.11 Å². The molecule has 5 heteroatoms. The molecule has 0 spiro atoms. The number of aryl methyl sites for hydroxylation is 1. The maximum atomic E-state index is 11.6. The van der Waals surface area contributed by atoms with Gasteiger partial charge in [-0.15, -0.1) is 0 Å².